The first-order valence-corrected chi connectivity index (χ1v) is 7.27. The molecule has 20 heavy (non-hydrogen) atoms. The molecule has 1 aromatic carbocycles. The zero-order chi connectivity index (χ0) is 14.5. The number of hydrogen-bond acceptors (Lipinski definition) is 3. The van der Waals surface area contributed by atoms with Crippen molar-refractivity contribution in [1.82, 2.24) is 5.32 Å². The molecule has 0 aromatic heterocycles. The van der Waals surface area contributed by atoms with E-state index in [1.807, 2.05) is 19.9 Å². The summed E-state index contributed by atoms with van der Waals surface area (Å²) in [6.07, 6.45) is 2.41. The van der Waals surface area contributed by atoms with Crippen molar-refractivity contribution < 1.29 is 9.53 Å². The molecule has 1 saturated heterocycles. The number of aryl methyl sites for hydroxylation is 1. The molecule has 4 heteroatoms. The summed E-state index contributed by atoms with van der Waals surface area (Å²) in [5.41, 5.74) is 2.93. The topological polar surface area (TPSA) is 41.6 Å². The van der Waals surface area contributed by atoms with Gasteiger partial charge in [0.2, 0.25) is 0 Å². The number of anilines is 1. The molecule has 0 unspecified atom stereocenters. The summed E-state index contributed by atoms with van der Waals surface area (Å²) in [7, 11) is 1.64. The van der Waals surface area contributed by atoms with Gasteiger partial charge in [0.25, 0.3) is 5.91 Å². The van der Waals surface area contributed by atoms with Gasteiger partial charge in [0, 0.05) is 31.9 Å². The molecule has 1 aliphatic rings. The third kappa shape index (κ3) is 3.51. The van der Waals surface area contributed by atoms with Crippen LogP contribution in [0.25, 0.3) is 0 Å². The highest BCUT2D eigenvalue weighted by molar-refractivity contribution is 6.00. The molecular formula is C16H24N2O2. The maximum Gasteiger partial charge on any atom is 0.253 e. The van der Waals surface area contributed by atoms with Crippen LogP contribution in [-0.4, -0.2) is 38.8 Å². The largest absolute Gasteiger partial charge is 0.383 e. The predicted octanol–water partition coefficient (Wildman–Crippen LogP) is 2.36. The second-order valence-electron chi connectivity index (χ2n) is 5.54. The Labute approximate surface area is 121 Å². The van der Waals surface area contributed by atoms with E-state index in [2.05, 4.69) is 22.3 Å². The van der Waals surface area contributed by atoms with Crippen LogP contribution in [0.2, 0.25) is 0 Å². The summed E-state index contributed by atoms with van der Waals surface area (Å²) in [4.78, 5) is 14.8. The van der Waals surface area contributed by atoms with Crippen molar-refractivity contribution in [2.75, 3.05) is 31.7 Å². The molecule has 1 aromatic rings. The van der Waals surface area contributed by atoms with E-state index < -0.39 is 0 Å². The van der Waals surface area contributed by atoms with Crippen molar-refractivity contribution in [2.45, 2.75) is 32.7 Å². The van der Waals surface area contributed by atoms with E-state index >= 15 is 0 Å². The zero-order valence-electron chi connectivity index (χ0n) is 12.6. The van der Waals surface area contributed by atoms with Crippen LogP contribution in [-0.2, 0) is 4.74 Å². The Morgan fingerprint density at radius 1 is 1.40 bits per heavy atom. The molecule has 1 atom stereocenters. The molecule has 2 rings (SSSR count). The van der Waals surface area contributed by atoms with Gasteiger partial charge in [0.1, 0.15) is 0 Å². The summed E-state index contributed by atoms with van der Waals surface area (Å²) in [5.74, 6) is -0.0138. The molecule has 0 aliphatic carbocycles. The Morgan fingerprint density at radius 2 is 2.10 bits per heavy atom. The minimum atomic E-state index is -0.0138. The number of methoxy groups -OCH3 is 1. The number of rotatable bonds is 5. The second kappa shape index (κ2) is 6.75. The summed E-state index contributed by atoms with van der Waals surface area (Å²) >= 11 is 0. The molecular weight excluding hydrogens is 252 g/mol. The molecule has 110 valence electrons. The van der Waals surface area contributed by atoms with Gasteiger partial charge in [-0.15, -0.1) is 0 Å². The van der Waals surface area contributed by atoms with Gasteiger partial charge in [-0.2, -0.15) is 0 Å². The Hall–Kier alpha value is -1.55. The van der Waals surface area contributed by atoms with Crippen LogP contribution in [0.15, 0.2) is 18.2 Å². The minimum Gasteiger partial charge on any atom is -0.383 e. The van der Waals surface area contributed by atoms with E-state index in [1.54, 1.807) is 7.11 Å². The first-order chi connectivity index (χ1) is 9.61. The van der Waals surface area contributed by atoms with Crippen molar-refractivity contribution in [3.05, 3.63) is 29.3 Å². The number of nitrogens with zero attached hydrogens (tertiary/aromatic N) is 1. The van der Waals surface area contributed by atoms with Gasteiger partial charge in [0.15, 0.2) is 0 Å². The van der Waals surface area contributed by atoms with Crippen molar-refractivity contribution >= 4 is 11.6 Å². The number of nitrogens with one attached hydrogen (secondary N) is 1. The normalized spacial score (nSPS) is 16.2. The standard InChI is InChI=1S/C16H24N2O2/c1-12-6-7-15(18-8-4-5-9-18)14(10-12)16(19)17-13(2)11-20-3/h6-7,10,13H,4-5,8-9,11H2,1-3H3,(H,17,19)/t13-/m1/s1. The van der Waals surface area contributed by atoms with Gasteiger partial charge in [-0.3, -0.25) is 4.79 Å². The fourth-order valence-electron chi connectivity index (χ4n) is 2.66. The van der Waals surface area contributed by atoms with Crippen LogP contribution in [0.3, 0.4) is 0 Å². The average Bonchev–Trinajstić information content (AvgIpc) is 2.92. The van der Waals surface area contributed by atoms with Crippen molar-refractivity contribution in [3.63, 3.8) is 0 Å². The quantitative estimate of drug-likeness (QED) is 0.897. The second-order valence-corrected chi connectivity index (χ2v) is 5.54. The summed E-state index contributed by atoms with van der Waals surface area (Å²) < 4.78 is 5.07. The molecule has 0 bridgehead atoms. The Kier molecular flexibility index (Phi) is 5.01. The Balaban J connectivity index is 2.20. The fraction of sp³-hybridized carbons (Fsp3) is 0.562. The first-order valence-electron chi connectivity index (χ1n) is 7.27. The van der Waals surface area contributed by atoms with Gasteiger partial charge in [-0.05, 0) is 38.8 Å². The highest BCUT2D eigenvalue weighted by Crippen LogP contribution is 2.25. The van der Waals surface area contributed by atoms with Crippen molar-refractivity contribution in [1.29, 1.82) is 0 Å². The number of carbonyl (C=O) groups is 1. The molecule has 4 nitrogen and oxygen atoms in total. The first kappa shape index (κ1) is 14.9. The fourth-order valence-corrected chi connectivity index (χ4v) is 2.66. The van der Waals surface area contributed by atoms with E-state index in [4.69, 9.17) is 4.74 Å². The summed E-state index contributed by atoms with van der Waals surface area (Å²) in [5, 5.41) is 3.00. The molecule has 1 N–H and O–H groups in total. The van der Waals surface area contributed by atoms with Crippen LogP contribution >= 0.6 is 0 Å². The van der Waals surface area contributed by atoms with Crippen LogP contribution in [0.4, 0.5) is 5.69 Å². The number of benzene rings is 1. The van der Waals surface area contributed by atoms with Crippen LogP contribution in [0.1, 0.15) is 35.7 Å². The van der Waals surface area contributed by atoms with E-state index in [0.29, 0.717) is 6.61 Å². The molecule has 1 amide bonds. The molecule has 1 fully saturated rings. The lowest BCUT2D eigenvalue weighted by Gasteiger charge is -2.22. The van der Waals surface area contributed by atoms with Gasteiger partial charge in [-0.1, -0.05) is 11.6 Å². The van der Waals surface area contributed by atoms with Gasteiger partial charge < -0.3 is 15.0 Å². The van der Waals surface area contributed by atoms with Crippen molar-refractivity contribution in [3.8, 4) is 0 Å². The third-order valence-electron chi connectivity index (χ3n) is 3.64. The average molecular weight is 276 g/mol. The number of hydrogen-bond donors (Lipinski definition) is 1. The monoisotopic (exact) mass is 276 g/mol. The molecule has 1 heterocycles. The molecule has 0 radical (unpaired) electrons. The number of carbonyl (C=O) groups excluding carboxylic acids is 1. The maximum atomic E-state index is 12.5. The van der Waals surface area contributed by atoms with Crippen LogP contribution in [0, 0.1) is 6.92 Å². The van der Waals surface area contributed by atoms with Crippen molar-refractivity contribution in [2.24, 2.45) is 0 Å². The Bertz CT molecular complexity index is 468. The maximum absolute atomic E-state index is 12.5. The minimum absolute atomic E-state index is 0.0134. The SMILES string of the molecule is COC[C@@H](C)NC(=O)c1cc(C)ccc1N1CCCC1. The highest BCUT2D eigenvalue weighted by Gasteiger charge is 2.20. The summed E-state index contributed by atoms with van der Waals surface area (Å²) in [6.45, 7) is 6.57. The number of ether oxygens (including phenoxy) is 1. The highest BCUT2D eigenvalue weighted by atomic mass is 16.5. The molecule has 1 aliphatic heterocycles. The zero-order valence-corrected chi connectivity index (χ0v) is 12.6. The lowest BCUT2D eigenvalue weighted by molar-refractivity contribution is 0.0906. The Morgan fingerprint density at radius 3 is 2.75 bits per heavy atom. The smallest absolute Gasteiger partial charge is 0.253 e. The van der Waals surface area contributed by atoms with Gasteiger partial charge in [-0.25, -0.2) is 0 Å². The van der Waals surface area contributed by atoms with Crippen LogP contribution in [0.5, 0.6) is 0 Å². The van der Waals surface area contributed by atoms with E-state index in [0.717, 1.165) is 29.9 Å². The number of amides is 1. The third-order valence-corrected chi connectivity index (χ3v) is 3.64. The molecule has 0 saturated carbocycles. The van der Waals surface area contributed by atoms with Gasteiger partial charge >= 0.3 is 0 Å². The lowest BCUT2D eigenvalue weighted by Crippen LogP contribution is -2.36. The van der Waals surface area contributed by atoms with E-state index in [-0.39, 0.29) is 11.9 Å². The van der Waals surface area contributed by atoms with E-state index in [9.17, 15) is 4.79 Å². The van der Waals surface area contributed by atoms with Gasteiger partial charge in [0.05, 0.1) is 12.2 Å². The van der Waals surface area contributed by atoms with Crippen LogP contribution < -0.4 is 10.2 Å². The summed E-state index contributed by atoms with van der Waals surface area (Å²) in [6, 6.07) is 6.13. The predicted molar refractivity (Wildman–Crippen MR) is 81.4 cm³/mol. The van der Waals surface area contributed by atoms with E-state index in [1.165, 1.54) is 12.8 Å². The molecule has 0 spiro atoms. The lowest BCUT2D eigenvalue weighted by atomic mass is 10.1.